The van der Waals surface area contributed by atoms with Crippen molar-refractivity contribution in [2.45, 2.75) is 13.0 Å². The third-order valence-corrected chi connectivity index (χ3v) is 3.23. The van der Waals surface area contributed by atoms with Crippen LogP contribution in [0.15, 0.2) is 65.2 Å². The molecule has 23 heavy (non-hydrogen) atoms. The summed E-state index contributed by atoms with van der Waals surface area (Å²) in [5.74, 6) is 0.193. The summed E-state index contributed by atoms with van der Waals surface area (Å²) >= 11 is 0. The Morgan fingerprint density at radius 1 is 1.09 bits per heavy atom. The lowest BCUT2D eigenvalue weighted by Gasteiger charge is -2.02. The second-order valence-corrected chi connectivity index (χ2v) is 4.95. The first-order valence-electron chi connectivity index (χ1n) is 7.11. The van der Waals surface area contributed by atoms with E-state index in [1.165, 1.54) is 12.1 Å². The summed E-state index contributed by atoms with van der Waals surface area (Å²) in [5, 5.41) is 0. The average molecular weight is 311 g/mol. The highest BCUT2D eigenvalue weighted by Crippen LogP contribution is 2.20. The fourth-order valence-corrected chi connectivity index (χ4v) is 2.08. The monoisotopic (exact) mass is 311 g/mol. The van der Waals surface area contributed by atoms with Gasteiger partial charge in [0.15, 0.2) is 12.4 Å². The van der Waals surface area contributed by atoms with Gasteiger partial charge in [-0.1, -0.05) is 42.5 Å². The molecule has 0 aliphatic rings. The minimum Gasteiger partial charge on any atom is -0.455 e. The van der Waals surface area contributed by atoms with Gasteiger partial charge in [-0.2, -0.15) is 0 Å². The average Bonchev–Trinajstić information content (AvgIpc) is 3.05. The topological polar surface area (TPSA) is 52.3 Å². The fourth-order valence-electron chi connectivity index (χ4n) is 2.08. The van der Waals surface area contributed by atoms with Gasteiger partial charge in [-0.3, -0.25) is 4.79 Å². The molecule has 0 bridgehead atoms. The van der Waals surface area contributed by atoms with Crippen LogP contribution in [0.2, 0.25) is 0 Å². The molecule has 1 heterocycles. The number of oxazole rings is 1. The SMILES string of the molecule is O=C(Cc1ccc(F)cc1)OCc1ncc(-c2ccccc2)o1. The van der Waals surface area contributed by atoms with E-state index in [9.17, 15) is 9.18 Å². The van der Waals surface area contributed by atoms with E-state index in [0.717, 1.165) is 5.56 Å². The van der Waals surface area contributed by atoms with Crippen LogP contribution in [-0.2, 0) is 22.6 Å². The molecule has 2 aromatic carbocycles. The van der Waals surface area contributed by atoms with Gasteiger partial charge in [-0.05, 0) is 17.7 Å². The van der Waals surface area contributed by atoms with Gasteiger partial charge in [-0.15, -0.1) is 0 Å². The van der Waals surface area contributed by atoms with E-state index >= 15 is 0 Å². The Hall–Kier alpha value is -2.95. The summed E-state index contributed by atoms with van der Waals surface area (Å²) in [4.78, 5) is 15.9. The molecule has 0 fully saturated rings. The van der Waals surface area contributed by atoms with Crippen molar-refractivity contribution in [3.8, 4) is 11.3 Å². The Labute approximate surface area is 132 Å². The van der Waals surface area contributed by atoms with Crippen molar-refractivity contribution in [1.82, 2.24) is 4.98 Å². The number of ether oxygens (including phenoxy) is 1. The molecule has 0 aliphatic heterocycles. The molecule has 3 aromatic rings. The molecule has 0 radical (unpaired) electrons. The number of esters is 1. The largest absolute Gasteiger partial charge is 0.455 e. The van der Waals surface area contributed by atoms with Gasteiger partial charge in [0, 0.05) is 5.56 Å². The molecular weight excluding hydrogens is 297 g/mol. The highest BCUT2D eigenvalue weighted by Gasteiger charge is 2.10. The van der Waals surface area contributed by atoms with E-state index in [0.29, 0.717) is 17.2 Å². The Kier molecular flexibility index (Phi) is 4.47. The quantitative estimate of drug-likeness (QED) is 0.673. The Balaban J connectivity index is 1.55. The van der Waals surface area contributed by atoms with Crippen LogP contribution in [0.25, 0.3) is 11.3 Å². The van der Waals surface area contributed by atoms with E-state index in [4.69, 9.17) is 9.15 Å². The zero-order chi connectivity index (χ0) is 16.1. The molecule has 0 saturated heterocycles. The minimum atomic E-state index is -0.420. The van der Waals surface area contributed by atoms with Gasteiger partial charge < -0.3 is 9.15 Å². The summed E-state index contributed by atoms with van der Waals surface area (Å²) in [6, 6.07) is 15.3. The number of aromatic nitrogens is 1. The van der Waals surface area contributed by atoms with Crippen molar-refractivity contribution in [3.05, 3.63) is 78.1 Å². The van der Waals surface area contributed by atoms with Crippen LogP contribution in [0.5, 0.6) is 0 Å². The zero-order valence-corrected chi connectivity index (χ0v) is 12.2. The van der Waals surface area contributed by atoms with E-state index in [1.54, 1.807) is 18.3 Å². The van der Waals surface area contributed by atoms with Crippen LogP contribution >= 0.6 is 0 Å². The van der Waals surface area contributed by atoms with E-state index < -0.39 is 5.97 Å². The van der Waals surface area contributed by atoms with E-state index in [-0.39, 0.29) is 18.8 Å². The Morgan fingerprint density at radius 2 is 1.83 bits per heavy atom. The second-order valence-electron chi connectivity index (χ2n) is 4.95. The minimum absolute atomic E-state index is 0.0349. The molecule has 0 spiro atoms. The maximum absolute atomic E-state index is 12.8. The smallest absolute Gasteiger partial charge is 0.310 e. The van der Waals surface area contributed by atoms with E-state index in [1.807, 2.05) is 30.3 Å². The van der Waals surface area contributed by atoms with Gasteiger partial charge >= 0.3 is 5.97 Å². The molecule has 1 aromatic heterocycles. The first-order valence-corrected chi connectivity index (χ1v) is 7.11. The van der Waals surface area contributed by atoms with Crippen LogP contribution in [0.1, 0.15) is 11.5 Å². The molecule has 0 unspecified atom stereocenters. The van der Waals surface area contributed by atoms with Gasteiger partial charge in [0.25, 0.3) is 0 Å². The summed E-state index contributed by atoms with van der Waals surface area (Å²) in [6.07, 6.45) is 1.67. The second kappa shape index (κ2) is 6.87. The standard InChI is InChI=1S/C18H14FNO3/c19-15-8-6-13(7-9-15)10-18(21)22-12-17-20-11-16(23-17)14-4-2-1-3-5-14/h1-9,11H,10,12H2. The van der Waals surface area contributed by atoms with Crippen molar-refractivity contribution in [2.24, 2.45) is 0 Å². The van der Waals surface area contributed by atoms with Crippen molar-refractivity contribution in [1.29, 1.82) is 0 Å². The predicted molar refractivity (Wildman–Crippen MR) is 81.8 cm³/mol. The normalized spacial score (nSPS) is 10.5. The molecule has 0 saturated carbocycles. The molecule has 0 aliphatic carbocycles. The Bertz CT molecular complexity index is 782. The van der Waals surface area contributed by atoms with Crippen LogP contribution in [-0.4, -0.2) is 11.0 Å². The fraction of sp³-hybridized carbons (Fsp3) is 0.111. The van der Waals surface area contributed by atoms with Crippen LogP contribution in [0.4, 0.5) is 4.39 Å². The lowest BCUT2D eigenvalue weighted by molar-refractivity contribution is -0.144. The van der Waals surface area contributed by atoms with Gasteiger partial charge in [-0.25, -0.2) is 9.37 Å². The number of halogens is 1. The number of hydrogen-bond acceptors (Lipinski definition) is 4. The number of carbonyl (C=O) groups is 1. The molecule has 0 N–H and O–H groups in total. The molecule has 0 atom stereocenters. The van der Waals surface area contributed by atoms with Crippen LogP contribution < -0.4 is 0 Å². The molecule has 5 heteroatoms. The van der Waals surface area contributed by atoms with Crippen molar-refractivity contribution < 1.29 is 18.3 Å². The summed E-state index contributed by atoms with van der Waals surface area (Å²) in [5.41, 5.74) is 1.60. The van der Waals surface area contributed by atoms with Crippen molar-refractivity contribution >= 4 is 5.97 Å². The van der Waals surface area contributed by atoms with Crippen LogP contribution in [0, 0.1) is 5.82 Å². The maximum atomic E-state index is 12.8. The van der Waals surface area contributed by atoms with Crippen molar-refractivity contribution in [2.75, 3.05) is 0 Å². The first kappa shape index (κ1) is 15.0. The third kappa shape index (κ3) is 4.03. The molecule has 0 amide bonds. The first-order chi connectivity index (χ1) is 11.2. The number of rotatable bonds is 5. The third-order valence-electron chi connectivity index (χ3n) is 3.23. The summed E-state index contributed by atoms with van der Waals surface area (Å²) in [6.45, 7) is -0.0349. The number of benzene rings is 2. The maximum Gasteiger partial charge on any atom is 0.310 e. The summed E-state index contributed by atoms with van der Waals surface area (Å²) < 4.78 is 23.5. The number of hydrogen-bond donors (Lipinski definition) is 0. The molecular formula is C18H14FNO3. The summed E-state index contributed by atoms with van der Waals surface area (Å²) in [7, 11) is 0. The lowest BCUT2D eigenvalue weighted by Crippen LogP contribution is -2.08. The molecule has 116 valence electrons. The van der Waals surface area contributed by atoms with E-state index in [2.05, 4.69) is 4.98 Å². The molecule has 4 nitrogen and oxygen atoms in total. The number of nitrogens with zero attached hydrogens (tertiary/aromatic N) is 1. The highest BCUT2D eigenvalue weighted by atomic mass is 19.1. The van der Waals surface area contributed by atoms with Gasteiger partial charge in [0.1, 0.15) is 5.82 Å². The molecule has 3 rings (SSSR count). The zero-order valence-electron chi connectivity index (χ0n) is 12.2. The highest BCUT2D eigenvalue weighted by molar-refractivity contribution is 5.72. The van der Waals surface area contributed by atoms with Gasteiger partial charge in [0.05, 0.1) is 12.6 Å². The lowest BCUT2D eigenvalue weighted by atomic mass is 10.1. The van der Waals surface area contributed by atoms with Crippen molar-refractivity contribution in [3.63, 3.8) is 0 Å². The predicted octanol–water partition coefficient (Wildman–Crippen LogP) is 3.77. The number of carbonyl (C=O) groups excluding carboxylic acids is 1. The van der Waals surface area contributed by atoms with Gasteiger partial charge in [0.2, 0.25) is 5.89 Å². The Morgan fingerprint density at radius 3 is 2.57 bits per heavy atom. The van der Waals surface area contributed by atoms with Crippen LogP contribution in [0.3, 0.4) is 0 Å².